The molecule has 11 nitrogen and oxygen atoms in total. The number of anilines is 1. The molecule has 1 unspecified atom stereocenters. The van der Waals surface area contributed by atoms with Crippen molar-refractivity contribution in [2.24, 2.45) is 0 Å². The molecule has 0 saturated carbocycles. The summed E-state index contributed by atoms with van der Waals surface area (Å²) in [5, 5.41) is 36.2. The van der Waals surface area contributed by atoms with E-state index < -0.39 is 23.2 Å². The van der Waals surface area contributed by atoms with Gasteiger partial charge in [-0.15, -0.1) is 12.4 Å². The van der Waals surface area contributed by atoms with E-state index in [0.29, 0.717) is 24.5 Å². The summed E-state index contributed by atoms with van der Waals surface area (Å²) in [6, 6.07) is 8.60. The maximum atomic E-state index is 11.9. The number of halogens is 1. The van der Waals surface area contributed by atoms with Gasteiger partial charge in [-0.2, -0.15) is 0 Å². The molecule has 2 aromatic carbocycles. The number of nitrogens with one attached hydrogen (secondary N) is 3. The highest BCUT2D eigenvalue weighted by Crippen LogP contribution is 2.39. The molecule has 0 aliphatic rings. The third-order valence-corrected chi connectivity index (χ3v) is 5.24. The van der Waals surface area contributed by atoms with E-state index in [4.69, 9.17) is 14.2 Å². The number of carbonyl (C=O) groups excluding carboxylic acids is 1. The maximum Gasteiger partial charge on any atom is 0.294 e. The van der Waals surface area contributed by atoms with Crippen LogP contribution in [0, 0.1) is 0 Å². The Bertz CT molecular complexity index is 1260. The van der Waals surface area contributed by atoms with E-state index in [1.54, 1.807) is 14.2 Å². The molecule has 0 aliphatic carbocycles. The summed E-state index contributed by atoms with van der Waals surface area (Å²) in [5.74, 6) is -0.539. The van der Waals surface area contributed by atoms with Gasteiger partial charge in [-0.25, -0.2) is 0 Å². The summed E-state index contributed by atoms with van der Waals surface area (Å²) >= 11 is 0. The van der Waals surface area contributed by atoms with E-state index in [1.165, 1.54) is 19.1 Å². The summed E-state index contributed by atoms with van der Waals surface area (Å²) in [4.78, 5) is 25.8. The standard InChI is InChI=1S/C24H29N3O8.ClH/c1-13(28)26-16-5-7-18(20-21(16)27-24(32)23(31)22(20)30)35-12-15(29)11-25-9-8-14-4-6-17(33-2)19(10-14)34-3;/h4-7,10,15,25,29,31H,8-9,11-12H2,1-3H3,(H,26,28)(H2,27,30,32);1H. The molecule has 0 fully saturated rings. The van der Waals surface area contributed by atoms with Crippen LogP contribution in [0.5, 0.6) is 28.7 Å². The number of benzene rings is 2. The molecule has 0 spiro atoms. The molecule has 36 heavy (non-hydrogen) atoms. The number of fused-ring (bicyclic) bond motifs is 1. The topological polar surface area (TPSA) is 162 Å². The van der Waals surface area contributed by atoms with Gasteiger partial charge in [0.05, 0.1) is 30.8 Å². The molecule has 0 radical (unpaired) electrons. The van der Waals surface area contributed by atoms with E-state index in [-0.39, 0.29) is 53.8 Å². The number of aliphatic hydroxyl groups excluding tert-OH is 1. The molecule has 6 N–H and O–H groups in total. The van der Waals surface area contributed by atoms with Gasteiger partial charge >= 0.3 is 0 Å². The molecule has 1 atom stereocenters. The summed E-state index contributed by atoms with van der Waals surface area (Å²) in [5.41, 5.74) is 0.429. The number of aromatic amines is 1. The fourth-order valence-electron chi connectivity index (χ4n) is 3.54. The van der Waals surface area contributed by atoms with Crippen molar-refractivity contribution in [3.63, 3.8) is 0 Å². The van der Waals surface area contributed by atoms with E-state index in [1.807, 2.05) is 18.2 Å². The molecule has 12 heteroatoms. The molecular weight excluding hydrogens is 494 g/mol. The van der Waals surface area contributed by atoms with Crippen molar-refractivity contribution in [1.29, 1.82) is 0 Å². The van der Waals surface area contributed by atoms with Crippen molar-refractivity contribution in [2.75, 3.05) is 39.2 Å². The Morgan fingerprint density at radius 2 is 1.75 bits per heavy atom. The minimum Gasteiger partial charge on any atom is -0.504 e. The predicted octanol–water partition coefficient (Wildman–Crippen LogP) is 1.91. The Hall–Kier alpha value is -3.67. The van der Waals surface area contributed by atoms with Gasteiger partial charge in [0.25, 0.3) is 5.56 Å². The lowest BCUT2D eigenvalue weighted by molar-refractivity contribution is -0.114. The molecule has 0 aliphatic heterocycles. The van der Waals surface area contributed by atoms with Crippen LogP contribution in [0.1, 0.15) is 12.5 Å². The van der Waals surface area contributed by atoms with Crippen LogP contribution in [0.25, 0.3) is 10.9 Å². The Morgan fingerprint density at radius 3 is 2.42 bits per heavy atom. The Balaban J connectivity index is 0.00000456. The van der Waals surface area contributed by atoms with Crippen LogP contribution in [0.2, 0.25) is 0 Å². The van der Waals surface area contributed by atoms with E-state index in [2.05, 4.69) is 15.6 Å². The highest BCUT2D eigenvalue weighted by molar-refractivity contribution is 6.04. The number of carbonyl (C=O) groups is 1. The van der Waals surface area contributed by atoms with Gasteiger partial charge in [-0.3, -0.25) is 9.59 Å². The summed E-state index contributed by atoms with van der Waals surface area (Å²) < 4.78 is 16.2. The van der Waals surface area contributed by atoms with Crippen molar-refractivity contribution in [3.8, 4) is 28.7 Å². The summed E-state index contributed by atoms with van der Waals surface area (Å²) in [7, 11) is 3.15. The molecule has 0 saturated heterocycles. The minimum atomic E-state index is -0.919. The fourth-order valence-corrected chi connectivity index (χ4v) is 3.54. The number of amides is 1. The van der Waals surface area contributed by atoms with Gasteiger partial charge in [-0.1, -0.05) is 6.07 Å². The van der Waals surface area contributed by atoms with Crippen molar-refractivity contribution < 1.29 is 34.3 Å². The highest BCUT2D eigenvalue weighted by atomic mass is 35.5. The number of hydrogen-bond acceptors (Lipinski definition) is 9. The van der Waals surface area contributed by atoms with Crippen LogP contribution in [-0.2, 0) is 11.2 Å². The number of ether oxygens (including phenoxy) is 3. The number of aromatic nitrogens is 1. The number of hydrogen-bond donors (Lipinski definition) is 6. The number of H-pyrrole nitrogens is 1. The zero-order valence-electron chi connectivity index (χ0n) is 20.1. The number of rotatable bonds is 11. The lowest BCUT2D eigenvalue weighted by atomic mass is 10.1. The zero-order valence-corrected chi connectivity index (χ0v) is 20.9. The zero-order chi connectivity index (χ0) is 25.5. The molecule has 1 amide bonds. The largest absolute Gasteiger partial charge is 0.504 e. The molecule has 1 heterocycles. The molecular formula is C24H30ClN3O8. The Morgan fingerprint density at radius 1 is 1.06 bits per heavy atom. The van der Waals surface area contributed by atoms with Crippen LogP contribution in [0.15, 0.2) is 35.1 Å². The van der Waals surface area contributed by atoms with Gasteiger partial charge in [-0.05, 0) is 42.8 Å². The Kier molecular flexibility index (Phi) is 10.2. The first kappa shape index (κ1) is 28.6. The van der Waals surface area contributed by atoms with Crippen molar-refractivity contribution in [3.05, 3.63) is 46.2 Å². The minimum absolute atomic E-state index is 0. The van der Waals surface area contributed by atoms with Crippen LogP contribution in [-0.4, -0.2) is 66.2 Å². The van der Waals surface area contributed by atoms with E-state index in [0.717, 1.165) is 5.56 Å². The third kappa shape index (κ3) is 6.72. The van der Waals surface area contributed by atoms with Crippen molar-refractivity contribution in [1.82, 2.24) is 10.3 Å². The van der Waals surface area contributed by atoms with Gasteiger partial charge in [0.15, 0.2) is 17.2 Å². The van der Waals surface area contributed by atoms with Gasteiger partial charge in [0, 0.05) is 13.5 Å². The molecule has 3 rings (SSSR count). The van der Waals surface area contributed by atoms with E-state index in [9.17, 15) is 24.9 Å². The second-order valence-corrected chi connectivity index (χ2v) is 7.80. The molecule has 1 aromatic heterocycles. The number of pyridine rings is 1. The first-order chi connectivity index (χ1) is 16.7. The molecule has 196 valence electrons. The average molecular weight is 524 g/mol. The van der Waals surface area contributed by atoms with E-state index >= 15 is 0 Å². The predicted molar refractivity (Wildman–Crippen MR) is 137 cm³/mol. The third-order valence-electron chi connectivity index (χ3n) is 5.24. The van der Waals surface area contributed by atoms with Gasteiger partial charge in [0.2, 0.25) is 11.7 Å². The van der Waals surface area contributed by atoms with Crippen LogP contribution in [0.3, 0.4) is 0 Å². The van der Waals surface area contributed by atoms with Gasteiger partial charge in [0.1, 0.15) is 18.5 Å². The normalized spacial score (nSPS) is 11.4. The first-order valence-electron chi connectivity index (χ1n) is 10.9. The summed E-state index contributed by atoms with van der Waals surface area (Å²) in [6.45, 7) is 2.00. The lowest BCUT2D eigenvalue weighted by Crippen LogP contribution is -2.32. The number of methoxy groups -OCH3 is 2. The fraction of sp³-hybridized carbons (Fsp3) is 0.333. The second kappa shape index (κ2) is 12.9. The summed E-state index contributed by atoms with van der Waals surface area (Å²) in [6.07, 6.45) is -0.187. The first-order valence-corrected chi connectivity index (χ1v) is 10.9. The molecule has 0 bridgehead atoms. The average Bonchev–Trinajstić information content (AvgIpc) is 2.84. The molecule has 3 aromatic rings. The highest BCUT2D eigenvalue weighted by Gasteiger charge is 2.19. The van der Waals surface area contributed by atoms with Crippen molar-refractivity contribution >= 4 is 34.9 Å². The van der Waals surface area contributed by atoms with Crippen LogP contribution in [0.4, 0.5) is 5.69 Å². The van der Waals surface area contributed by atoms with Crippen LogP contribution >= 0.6 is 12.4 Å². The Labute approximate surface area is 213 Å². The second-order valence-electron chi connectivity index (χ2n) is 7.80. The van der Waals surface area contributed by atoms with Crippen molar-refractivity contribution in [2.45, 2.75) is 19.4 Å². The number of aromatic hydroxyl groups is 2. The monoisotopic (exact) mass is 523 g/mol. The SMILES string of the molecule is COc1ccc(CCNCC(O)COc2ccc(NC(C)=O)c3[nH]c(=O)c(O)c(O)c23)cc1OC.Cl. The number of aliphatic hydroxyl groups is 1. The maximum absolute atomic E-state index is 11.9. The van der Waals surface area contributed by atoms with Gasteiger partial charge < -0.3 is 45.1 Å². The smallest absolute Gasteiger partial charge is 0.294 e. The quantitative estimate of drug-likeness (QED) is 0.206. The van der Waals surface area contributed by atoms with Crippen LogP contribution < -0.4 is 30.4 Å². The lowest BCUT2D eigenvalue weighted by Gasteiger charge is -2.17.